The molecule has 0 saturated heterocycles. The predicted octanol–water partition coefficient (Wildman–Crippen LogP) is 3.61. The van der Waals surface area contributed by atoms with Crippen LogP contribution in [0.3, 0.4) is 0 Å². The third-order valence-electron chi connectivity index (χ3n) is 2.76. The Morgan fingerprint density at radius 2 is 1.78 bits per heavy atom. The Kier molecular flexibility index (Phi) is 2.57. The Balaban J connectivity index is 1.98. The van der Waals surface area contributed by atoms with Crippen molar-refractivity contribution in [3.63, 3.8) is 0 Å². The van der Waals surface area contributed by atoms with Gasteiger partial charge in [-0.05, 0) is 22.9 Å². The molecule has 0 spiro atoms. The first kappa shape index (κ1) is 10.6. The average molecular weight is 236 g/mol. The van der Waals surface area contributed by atoms with Gasteiger partial charge in [-0.3, -0.25) is 4.98 Å². The minimum Gasteiger partial charge on any atom is -0.455 e. The summed E-state index contributed by atoms with van der Waals surface area (Å²) in [5.74, 6) is 1.40. The zero-order valence-corrected chi connectivity index (χ0v) is 9.71. The van der Waals surface area contributed by atoms with Gasteiger partial charge in [0.15, 0.2) is 5.75 Å². The van der Waals surface area contributed by atoms with Gasteiger partial charge in [0.1, 0.15) is 5.75 Å². The molecule has 1 aromatic heterocycles. The number of aromatic nitrogens is 1. The second kappa shape index (κ2) is 4.37. The van der Waals surface area contributed by atoms with Gasteiger partial charge in [-0.25, -0.2) is 0 Å². The number of ether oxygens (including phenoxy) is 1. The number of anilines is 1. The van der Waals surface area contributed by atoms with Gasteiger partial charge in [-0.1, -0.05) is 30.3 Å². The quantitative estimate of drug-likeness (QED) is 0.739. The van der Waals surface area contributed by atoms with E-state index in [2.05, 4.69) is 17.1 Å². The van der Waals surface area contributed by atoms with Crippen LogP contribution in [0.5, 0.6) is 11.5 Å². The van der Waals surface area contributed by atoms with Gasteiger partial charge in [0.2, 0.25) is 0 Å². The van der Waals surface area contributed by atoms with Crippen molar-refractivity contribution in [1.29, 1.82) is 0 Å². The van der Waals surface area contributed by atoms with Crippen LogP contribution < -0.4 is 10.5 Å². The lowest BCUT2D eigenvalue weighted by atomic mass is 10.1. The van der Waals surface area contributed by atoms with E-state index in [1.807, 2.05) is 30.3 Å². The van der Waals surface area contributed by atoms with E-state index >= 15 is 0 Å². The summed E-state index contributed by atoms with van der Waals surface area (Å²) in [7, 11) is 0. The standard InChI is InChI=1S/C15H12N2O/c16-14-10-17-8-7-15(14)18-13-6-5-11-3-1-2-4-12(11)9-13/h1-10H,16H2. The van der Waals surface area contributed by atoms with Gasteiger partial charge in [-0.2, -0.15) is 0 Å². The number of fused-ring (bicyclic) bond motifs is 1. The first-order valence-corrected chi connectivity index (χ1v) is 5.69. The van der Waals surface area contributed by atoms with Crippen molar-refractivity contribution < 1.29 is 4.74 Å². The summed E-state index contributed by atoms with van der Waals surface area (Å²) in [5, 5.41) is 2.33. The number of rotatable bonds is 2. The second-order valence-corrected chi connectivity index (χ2v) is 4.02. The molecule has 88 valence electrons. The van der Waals surface area contributed by atoms with Crippen LogP contribution in [0.2, 0.25) is 0 Å². The maximum absolute atomic E-state index is 5.79. The molecule has 0 aliphatic heterocycles. The van der Waals surface area contributed by atoms with Crippen molar-refractivity contribution in [1.82, 2.24) is 4.98 Å². The molecular weight excluding hydrogens is 224 g/mol. The molecule has 0 bridgehead atoms. The Morgan fingerprint density at radius 1 is 0.944 bits per heavy atom. The van der Waals surface area contributed by atoms with Gasteiger partial charge >= 0.3 is 0 Å². The number of nitrogens with two attached hydrogens (primary N) is 1. The third-order valence-corrected chi connectivity index (χ3v) is 2.76. The van der Waals surface area contributed by atoms with Crippen molar-refractivity contribution in [2.45, 2.75) is 0 Å². The molecule has 2 aromatic carbocycles. The number of nitrogens with zero attached hydrogens (tertiary/aromatic N) is 1. The Labute approximate surface area is 105 Å². The molecule has 0 fully saturated rings. The molecule has 3 nitrogen and oxygen atoms in total. The van der Waals surface area contributed by atoms with Crippen LogP contribution in [0.25, 0.3) is 10.8 Å². The van der Waals surface area contributed by atoms with Gasteiger partial charge in [0.05, 0.1) is 11.9 Å². The van der Waals surface area contributed by atoms with Crippen LogP contribution in [0.4, 0.5) is 5.69 Å². The molecule has 0 atom stereocenters. The summed E-state index contributed by atoms with van der Waals surface area (Å²) in [6, 6.07) is 15.9. The Bertz CT molecular complexity index is 695. The van der Waals surface area contributed by atoms with Gasteiger partial charge < -0.3 is 10.5 Å². The van der Waals surface area contributed by atoms with Crippen LogP contribution in [0, 0.1) is 0 Å². The number of hydrogen-bond acceptors (Lipinski definition) is 3. The number of nitrogen functional groups attached to an aromatic ring is 1. The molecule has 2 N–H and O–H groups in total. The van der Waals surface area contributed by atoms with E-state index in [4.69, 9.17) is 10.5 Å². The lowest BCUT2D eigenvalue weighted by molar-refractivity contribution is 0.485. The van der Waals surface area contributed by atoms with Crippen molar-refractivity contribution in [3.8, 4) is 11.5 Å². The Hall–Kier alpha value is -2.55. The molecule has 3 heteroatoms. The lowest BCUT2D eigenvalue weighted by Crippen LogP contribution is -1.92. The summed E-state index contributed by atoms with van der Waals surface area (Å²) < 4.78 is 5.75. The molecule has 3 aromatic rings. The van der Waals surface area contributed by atoms with E-state index < -0.39 is 0 Å². The van der Waals surface area contributed by atoms with Crippen molar-refractivity contribution in [2.24, 2.45) is 0 Å². The van der Waals surface area contributed by atoms with Crippen LogP contribution in [-0.4, -0.2) is 4.98 Å². The number of benzene rings is 2. The van der Waals surface area contributed by atoms with Gasteiger partial charge in [0.25, 0.3) is 0 Å². The second-order valence-electron chi connectivity index (χ2n) is 4.02. The van der Waals surface area contributed by atoms with Crippen molar-refractivity contribution >= 4 is 16.5 Å². The molecule has 0 radical (unpaired) electrons. The highest BCUT2D eigenvalue weighted by Gasteiger charge is 2.02. The molecule has 0 unspecified atom stereocenters. The van der Waals surface area contributed by atoms with Crippen LogP contribution in [-0.2, 0) is 0 Å². The van der Waals surface area contributed by atoms with E-state index in [1.165, 1.54) is 5.39 Å². The largest absolute Gasteiger partial charge is 0.455 e. The molecular formula is C15H12N2O. The fraction of sp³-hybridized carbons (Fsp3) is 0. The number of pyridine rings is 1. The third kappa shape index (κ3) is 1.98. The van der Waals surface area contributed by atoms with Crippen molar-refractivity contribution in [3.05, 3.63) is 60.9 Å². The number of hydrogen-bond donors (Lipinski definition) is 1. The SMILES string of the molecule is Nc1cnccc1Oc1ccc2ccccc2c1. The van der Waals surface area contributed by atoms with E-state index in [1.54, 1.807) is 18.5 Å². The fourth-order valence-electron chi connectivity index (χ4n) is 1.84. The first-order valence-electron chi connectivity index (χ1n) is 5.69. The molecule has 0 amide bonds. The maximum Gasteiger partial charge on any atom is 0.153 e. The summed E-state index contributed by atoms with van der Waals surface area (Å²) >= 11 is 0. The predicted molar refractivity (Wildman–Crippen MR) is 72.7 cm³/mol. The van der Waals surface area contributed by atoms with Crippen LogP contribution in [0.15, 0.2) is 60.9 Å². The van der Waals surface area contributed by atoms with Crippen LogP contribution in [0.1, 0.15) is 0 Å². The maximum atomic E-state index is 5.79. The zero-order valence-electron chi connectivity index (χ0n) is 9.71. The van der Waals surface area contributed by atoms with E-state index in [0.717, 1.165) is 11.1 Å². The smallest absolute Gasteiger partial charge is 0.153 e. The highest BCUT2D eigenvalue weighted by atomic mass is 16.5. The fourth-order valence-corrected chi connectivity index (χ4v) is 1.84. The molecule has 0 aliphatic rings. The first-order chi connectivity index (χ1) is 8.83. The summed E-state index contributed by atoms with van der Waals surface area (Å²) in [6.07, 6.45) is 3.24. The lowest BCUT2D eigenvalue weighted by Gasteiger charge is -2.08. The van der Waals surface area contributed by atoms with Crippen molar-refractivity contribution in [2.75, 3.05) is 5.73 Å². The minimum atomic E-state index is 0.533. The van der Waals surface area contributed by atoms with Gasteiger partial charge in [-0.15, -0.1) is 0 Å². The normalized spacial score (nSPS) is 10.4. The van der Waals surface area contributed by atoms with E-state index in [9.17, 15) is 0 Å². The molecule has 18 heavy (non-hydrogen) atoms. The zero-order chi connectivity index (χ0) is 12.4. The molecule has 0 saturated carbocycles. The summed E-state index contributed by atoms with van der Waals surface area (Å²) in [6.45, 7) is 0. The molecule has 0 aliphatic carbocycles. The molecule has 3 rings (SSSR count). The van der Waals surface area contributed by atoms with E-state index in [-0.39, 0.29) is 0 Å². The Morgan fingerprint density at radius 3 is 2.61 bits per heavy atom. The topological polar surface area (TPSA) is 48.1 Å². The monoisotopic (exact) mass is 236 g/mol. The summed E-state index contributed by atoms with van der Waals surface area (Å²) in [4.78, 5) is 3.93. The molecule has 1 heterocycles. The minimum absolute atomic E-state index is 0.533. The average Bonchev–Trinajstić information content (AvgIpc) is 2.41. The van der Waals surface area contributed by atoms with E-state index in [0.29, 0.717) is 11.4 Å². The highest BCUT2D eigenvalue weighted by Crippen LogP contribution is 2.28. The van der Waals surface area contributed by atoms with Crippen LogP contribution >= 0.6 is 0 Å². The van der Waals surface area contributed by atoms with Gasteiger partial charge in [0, 0.05) is 12.3 Å². The summed E-state index contributed by atoms with van der Waals surface area (Å²) in [5.41, 5.74) is 6.33. The highest BCUT2D eigenvalue weighted by molar-refractivity contribution is 5.83.